The van der Waals surface area contributed by atoms with Crippen LogP contribution < -0.4 is 5.48 Å². The molecule has 7 nitrogen and oxygen atoms in total. The van der Waals surface area contributed by atoms with E-state index < -0.39 is 0 Å². The van der Waals surface area contributed by atoms with Gasteiger partial charge < -0.3 is 9.42 Å². The molecule has 0 aromatic carbocycles. The Balaban J connectivity index is 1.67. The zero-order chi connectivity index (χ0) is 18.0. The van der Waals surface area contributed by atoms with Gasteiger partial charge in [0.2, 0.25) is 0 Å². The summed E-state index contributed by atoms with van der Waals surface area (Å²) >= 11 is 1.33. The molecule has 3 rings (SSSR count). The summed E-state index contributed by atoms with van der Waals surface area (Å²) in [7, 11) is 0. The number of rotatable bonds is 5. The van der Waals surface area contributed by atoms with Gasteiger partial charge in [0, 0.05) is 6.54 Å². The predicted molar refractivity (Wildman–Crippen MR) is 95.5 cm³/mol. The van der Waals surface area contributed by atoms with Gasteiger partial charge in [-0.05, 0) is 46.7 Å². The molecule has 1 unspecified atom stereocenters. The Kier molecular flexibility index (Phi) is 5.51. The van der Waals surface area contributed by atoms with Crippen molar-refractivity contribution in [2.45, 2.75) is 46.6 Å². The van der Waals surface area contributed by atoms with Crippen molar-refractivity contribution in [3.63, 3.8) is 0 Å². The molecule has 1 amide bonds. The monoisotopic (exact) mass is 364 g/mol. The van der Waals surface area contributed by atoms with Gasteiger partial charge in [0.05, 0.1) is 23.1 Å². The number of aryl methyl sites for hydroxylation is 3. The van der Waals surface area contributed by atoms with Gasteiger partial charge in [-0.1, -0.05) is 12.1 Å². The second kappa shape index (κ2) is 7.63. The van der Waals surface area contributed by atoms with E-state index in [0.717, 1.165) is 48.7 Å². The van der Waals surface area contributed by atoms with Crippen molar-refractivity contribution in [3.05, 3.63) is 22.0 Å². The van der Waals surface area contributed by atoms with E-state index in [1.165, 1.54) is 11.3 Å². The van der Waals surface area contributed by atoms with Gasteiger partial charge in [-0.15, -0.1) is 11.3 Å². The highest BCUT2D eigenvalue weighted by Crippen LogP contribution is 2.32. The van der Waals surface area contributed by atoms with Crippen LogP contribution >= 0.6 is 11.3 Å². The van der Waals surface area contributed by atoms with E-state index in [0.29, 0.717) is 16.3 Å². The minimum Gasteiger partial charge on any atom is -0.361 e. The van der Waals surface area contributed by atoms with Crippen molar-refractivity contribution in [3.8, 4) is 10.6 Å². The third-order valence-electron chi connectivity index (χ3n) is 4.48. The lowest BCUT2D eigenvalue weighted by Crippen LogP contribution is -2.42. The predicted octanol–water partition coefficient (Wildman–Crippen LogP) is 2.87. The average Bonchev–Trinajstić information content (AvgIpc) is 3.14. The molecule has 1 fully saturated rings. The number of nitrogens with zero attached hydrogens (tertiary/aromatic N) is 3. The van der Waals surface area contributed by atoms with Crippen LogP contribution in [-0.2, 0) is 4.84 Å². The zero-order valence-corrected chi connectivity index (χ0v) is 15.9. The lowest BCUT2D eigenvalue weighted by atomic mass is 10.1. The summed E-state index contributed by atoms with van der Waals surface area (Å²) in [6.45, 7) is 10.6. The Morgan fingerprint density at radius 2 is 2.20 bits per heavy atom. The summed E-state index contributed by atoms with van der Waals surface area (Å²) in [6, 6.07) is 0. The van der Waals surface area contributed by atoms with E-state index in [1.54, 1.807) is 0 Å². The summed E-state index contributed by atoms with van der Waals surface area (Å²) < 4.78 is 5.19. The van der Waals surface area contributed by atoms with Crippen molar-refractivity contribution < 1.29 is 14.2 Å². The van der Waals surface area contributed by atoms with Crippen LogP contribution in [0.2, 0.25) is 0 Å². The summed E-state index contributed by atoms with van der Waals surface area (Å²) in [5.41, 5.74) is 4.92. The quantitative estimate of drug-likeness (QED) is 0.822. The number of nitrogens with one attached hydrogen (secondary N) is 1. The van der Waals surface area contributed by atoms with Crippen LogP contribution in [0.1, 0.15) is 46.6 Å². The Morgan fingerprint density at radius 3 is 2.88 bits per heavy atom. The largest absolute Gasteiger partial charge is 0.361 e. The third-order valence-corrected chi connectivity index (χ3v) is 5.65. The number of piperidine rings is 1. The Labute approximate surface area is 151 Å². The molecule has 1 N–H and O–H groups in total. The van der Waals surface area contributed by atoms with E-state index in [4.69, 9.17) is 9.36 Å². The minimum absolute atomic E-state index is 0.0351. The van der Waals surface area contributed by atoms with Gasteiger partial charge in [-0.25, -0.2) is 10.5 Å². The van der Waals surface area contributed by atoms with Crippen LogP contribution in [0.25, 0.3) is 10.6 Å². The maximum atomic E-state index is 12.5. The first-order valence-electron chi connectivity index (χ1n) is 8.58. The lowest BCUT2D eigenvalue weighted by molar-refractivity contribution is -0.0469. The molecule has 0 aliphatic carbocycles. The molecule has 0 saturated carbocycles. The summed E-state index contributed by atoms with van der Waals surface area (Å²) in [6.07, 6.45) is 2.08. The van der Waals surface area contributed by atoms with Gasteiger partial charge in [0.1, 0.15) is 15.6 Å². The van der Waals surface area contributed by atoms with Crippen molar-refractivity contribution in [1.29, 1.82) is 0 Å². The average molecular weight is 364 g/mol. The van der Waals surface area contributed by atoms with Crippen LogP contribution in [0, 0.1) is 20.8 Å². The first-order chi connectivity index (χ1) is 12.0. The topological polar surface area (TPSA) is 80.5 Å². The number of likely N-dealkylation sites (N-methyl/N-ethyl adjacent to an activating group) is 1. The van der Waals surface area contributed by atoms with Crippen LogP contribution in [-0.4, -0.2) is 46.7 Å². The standard InChI is InChI=1S/C17H24N4O3S/c1-5-21-8-6-7-13(9-21)24-20-16(22)15-11(3)18-17(25-15)14-10(2)19-23-12(14)4/h13H,5-9H2,1-4H3,(H,20,22). The van der Waals surface area contributed by atoms with Crippen molar-refractivity contribution >= 4 is 17.2 Å². The molecular formula is C17H24N4O3S. The highest BCUT2D eigenvalue weighted by atomic mass is 32.1. The molecule has 25 heavy (non-hydrogen) atoms. The van der Waals surface area contributed by atoms with E-state index in [9.17, 15) is 4.79 Å². The number of carbonyl (C=O) groups is 1. The second-order valence-electron chi connectivity index (χ2n) is 6.34. The van der Waals surface area contributed by atoms with Crippen molar-refractivity contribution in [1.82, 2.24) is 20.5 Å². The fourth-order valence-electron chi connectivity index (χ4n) is 3.08. The summed E-state index contributed by atoms with van der Waals surface area (Å²) in [5, 5.41) is 4.69. The van der Waals surface area contributed by atoms with Gasteiger partial charge in [0.25, 0.3) is 5.91 Å². The van der Waals surface area contributed by atoms with Crippen LogP contribution in [0.15, 0.2) is 4.52 Å². The first-order valence-corrected chi connectivity index (χ1v) is 9.40. The Morgan fingerprint density at radius 1 is 1.40 bits per heavy atom. The number of likely N-dealkylation sites (tertiary alicyclic amines) is 1. The first kappa shape index (κ1) is 18.0. The molecule has 3 heterocycles. The number of thiazole rings is 1. The number of amides is 1. The highest BCUT2D eigenvalue weighted by molar-refractivity contribution is 7.17. The fourth-order valence-corrected chi connectivity index (χ4v) is 4.18. The smallest absolute Gasteiger partial charge is 0.286 e. The summed E-state index contributed by atoms with van der Waals surface area (Å²) in [5.74, 6) is 0.456. The van der Waals surface area contributed by atoms with Crippen LogP contribution in [0.3, 0.4) is 0 Å². The SMILES string of the molecule is CCN1CCCC(ONC(=O)c2sc(-c3c(C)noc3C)nc2C)C1. The number of hydroxylamine groups is 1. The molecule has 1 saturated heterocycles. The highest BCUT2D eigenvalue weighted by Gasteiger charge is 2.23. The van der Waals surface area contributed by atoms with Gasteiger partial charge in [-0.2, -0.15) is 0 Å². The number of hydrogen-bond donors (Lipinski definition) is 1. The third kappa shape index (κ3) is 3.91. The molecule has 1 aliphatic heterocycles. The van der Waals surface area contributed by atoms with Gasteiger partial charge in [-0.3, -0.25) is 9.63 Å². The van der Waals surface area contributed by atoms with Crippen LogP contribution in [0.4, 0.5) is 0 Å². The van der Waals surface area contributed by atoms with E-state index in [-0.39, 0.29) is 12.0 Å². The van der Waals surface area contributed by atoms with E-state index in [2.05, 4.69) is 27.4 Å². The Bertz CT molecular complexity index is 736. The molecule has 0 radical (unpaired) electrons. The van der Waals surface area contributed by atoms with Crippen LogP contribution in [0.5, 0.6) is 0 Å². The fraction of sp³-hybridized carbons (Fsp3) is 0.588. The molecule has 1 aliphatic rings. The lowest BCUT2D eigenvalue weighted by Gasteiger charge is -2.31. The maximum Gasteiger partial charge on any atom is 0.286 e. The molecular weight excluding hydrogens is 340 g/mol. The Hall–Kier alpha value is -1.77. The summed E-state index contributed by atoms with van der Waals surface area (Å²) in [4.78, 5) is 25.5. The van der Waals surface area contributed by atoms with Gasteiger partial charge >= 0.3 is 0 Å². The van der Waals surface area contributed by atoms with Crippen molar-refractivity contribution in [2.24, 2.45) is 0 Å². The molecule has 0 spiro atoms. The molecule has 8 heteroatoms. The molecule has 0 bridgehead atoms. The number of carbonyl (C=O) groups excluding carboxylic acids is 1. The minimum atomic E-state index is -0.248. The molecule has 2 aromatic heterocycles. The second-order valence-corrected chi connectivity index (χ2v) is 7.34. The maximum absolute atomic E-state index is 12.5. The van der Waals surface area contributed by atoms with E-state index >= 15 is 0 Å². The van der Waals surface area contributed by atoms with Crippen molar-refractivity contribution in [2.75, 3.05) is 19.6 Å². The number of hydrogen-bond acceptors (Lipinski definition) is 7. The number of aromatic nitrogens is 2. The van der Waals surface area contributed by atoms with Gasteiger partial charge in [0.15, 0.2) is 0 Å². The zero-order valence-electron chi connectivity index (χ0n) is 15.1. The van der Waals surface area contributed by atoms with E-state index in [1.807, 2.05) is 20.8 Å². The molecule has 2 aromatic rings. The normalized spacial score (nSPS) is 18.5. The molecule has 1 atom stereocenters. The molecule has 136 valence electrons.